The van der Waals surface area contributed by atoms with E-state index in [4.69, 9.17) is 4.52 Å². The van der Waals surface area contributed by atoms with Crippen molar-refractivity contribution in [2.75, 3.05) is 13.1 Å². The van der Waals surface area contributed by atoms with Crippen LogP contribution in [0.1, 0.15) is 34.2 Å². The van der Waals surface area contributed by atoms with Crippen molar-refractivity contribution in [1.82, 2.24) is 10.1 Å². The predicted octanol–water partition coefficient (Wildman–Crippen LogP) is 2.76. The summed E-state index contributed by atoms with van der Waals surface area (Å²) >= 11 is 1.80. The summed E-state index contributed by atoms with van der Waals surface area (Å²) in [5.41, 5.74) is 0. The molecule has 3 rings (SSSR count). The van der Waals surface area contributed by atoms with Gasteiger partial charge >= 0.3 is 0 Å². The van der Waals surface area contributed by atoms with Crippen molar-refractivity contribution in [3.05, 3.63) is 40.4 Å². The van der Waals surface area contributed by atoms with Gasteiger partial charge in [0.25, 0.3) is 5.91 Å². The van der Waals surface area contributed by atoms with E-state index in [1.807, 2.05) is 4.90 Å². The molecule has 2 aromatic rings. The van der Waals surface area contributed by atoms with E-state index >= 15 is 0 Å². The van der Waals surface area contributed by atoms with E-state index in [0.29, 0.717) is 11.7 Å². The number of nitrogens with zero attached hydrogens (tertiary/aromatic N) is 2. The maximum Gasteiger partial charge on any atom is 0.292 e. The van der Waals surface area contributed by atoms with E-state index in [1.165, 1.54) is 11.1 Å². The maximum atomic E-state index is 12.0. The summed E-state index contributed by atoms with van der Waals surface area (Å²) in [6.45, 7) is 1.59. The fourth-order valence-electron chi connectivity index (χ4n) is 2.37. The van der Waals surface area contributed by atoms with E-state index in [2.05, 4.69) is 22.7 Å². The minimum absolute atomic E-state index is 0.0443. The number of hydrogen-bond donors (Lipinski definition) is 0. The molecule has 1 aliphatic rings. The number of carbonyl (C=O) groups is 1. The molecule has 4 nitrogen and oxygen atoms in total. The molecule has 0 aliphatic carbocycles. The van der Waals surface area contributed by atoms with Crippen molar-refractivity contribution in [1.29, 1.82) is 0 Å². The molecule has 18 heavy (non-hydrogen) atoms. The number of piperidine rings is 1. The molecule has 0 radical (unpaired) electrons. The minimum Gasteiger partial charge on any atom is -0.351 e. The van der Waals surface area contributed by atoms with Crippen LogP contribution in [0.25, 0.3) is 0 Å². The number of thiophene rings is 1. The molecule has 0 aromatic carbocycles. The Hall–Kier alpha value is -1.62. The second-order valence-electron chi connectivity index (χ2n) is 4.46. The van der Waals surface area contributed by atoms with E-state index in [0.717, 1.165) is 25.9 Å². The van der Waals surface area contributed by atoms with Gasteiger partial charge in [-0.05, 0) is 30.2 Å². The molecule has 3 heterocycles. The van der Waals surface area contributed by atoms with Gasteiger partial charge in [0.05, 0.1) is 6.20 Å². The zero-order valence-corrected chi connectivity index (χ0v) is 10.7. The van der Waals surface area contributed by atoms with Crippen molar-refractivity contribution in [2.45, 2.75) is 18.8 Å². The molecule has 1 fully saturated rings. The Balaban J connectivity index is 1.62. The average Bonchev–Trinajstić information content (AvgIpc) is 3.11. The van der Waals surface area contributed by atoms with Gasteiger partial charge in [0.1, 0.15) is 0 Å². The van der Waals surface area contributed by atoms with E-state index in [9.17, 15) is 4.79 Å². The quantitative estimate of drug-likeness (QED) is 0.836. The van der Waals surface area contributed by atoms with Gasteiger partial charge < -0.3 is 9.42 Å². The van der Waals surface area contributed by atoms with Crippen LogP contribution in [0.15, 0.2) is 34.3 Å². The van der Waals surface area contributed by atoms with Crippen LogP contribution in [0.5, 0.6) is 0 Å². The SMILES string of the molecule is O=C(c1ccno1)N1CCC(c2cccs2)CC1. The van der Waals surface area contributed by atoms with E-state index in [-0.39, 0.29) is 5.91 Å². The number of rotatable bonds is 2. The number of aromatic nitrogens is 1. The lowest BCUT2D eigenvalue weighted by Gasteiger charge is -2.30. The molecule has 5 heteroatoms. The molecule has 1 aliphatic heterocycles. The van der Waals surface area contributed by atoms with Crippen LogP contribution < -0.4 is 0 Å². The van der Waals surface area contributed by atoms with Crippen molar-refractivity contribution in [3.63, 3.8) is 0 Å². The predicted molar refractivity (Wildman–Crippen MR) is 68.7 cm³/mol. The topological polar surface area (TPSA) is 46.3 Å². The third-order valence-corrected chi connectivity index (χ3v) is 4.41. The van der Waals surface area contributed by atoms with E-state index in [1.54, 1.807) is 17.4 Å². The summed E-state index contributed by atoms with van der Waals surface area (Å²) in [5, 5.41) is 5.69. The average molecular weight is 262 g/mol. The first-order valence-electron chi connectivity index (χ1n) is 6.08. The summed E-state index contributed by atoms with van der Waals surface area (Å²) in [7, 11) is 0. The lowest BCUT2D eigenvalue weighted by Crippen LogP contribution is -2.37. The molecule has 0 saturated carbocycles. The zero-order chi connectivity index (χ0) is 12.4. The van der Waals surface area contributed by atoms with Crippen molar-refractivity contribution < 1.29 is 9.32 Å². The Morgan fingerprint density at radius 1 is 1.39 bits per heavy atom. The second-order valence-corrected chi connectivity index (χ2v) is 5.44. The van der Waals surface area contributed by atoms with Crippen LogP contribution in [-0.2, 0) is 0 Å². The number of likely N-dealkylation sites (tertiary alicyclic amines) is 1. The van der Waals surface area contributed by atoms with Crippen LogP contribution >= 0.6 is 11.3 Å². The van der Waals surface area contributed by atoms with Crippen molar-refractivity contribution >= 4 is 17.2 Å². The highest BCUT2D eigenvalue weighted by Gasteiger charge is 2.26. The van der Waals surface area contributed by atoms with E-state index < -0.39 is 0 Å². The van der Waals surface area contributed by atoms with Gasteiger partial charge in [0.2, 0.25) is 5.76 Å². The van der Waals surface area contributed by atoms with Gasteiger partial charge in [-0.15, -0.1) is 11.3 Å². The molecule has 0 atom stereocenters. The Morgan fingerprint density at radius 2 is 2.22 bits per heavy atom. The smallest absolute Gasteiger partial charge is 0.292 e. The largest absolute Gasteiger partial charge is 0.351 e. The van der Waals surface area contributed by atoms with Crippen molar-refractivity contribution in [2.24, 2.45) is 0 Å². The van der Waals surface area contributed by atoms with Gasteiger partial charge in [0.15, 0.2) is 0 Å². The normalized spacial score (nSPS) is 17.0. The molecule has 2 aromatic heterocycles. The summed E-state index contributed by atoms with van der Waals surface area (Å²) in [6.07, 6.45) is 3.56. The maximum absolute atomic E-state index is 12.0. The molecule has 94 valence electrons. The second kappa shape index (κ2) is 4.94. The number of carbonyl (C=O) groups excluding carboxylic acids is 1. The van der Waals surface area contributed by atoms with Gasteiger partial charge in [-0.1, -0.05) is 11.2 Å². The summed E-state index contributed by atoms with van der Waals surface area (Å²) in [6, 6.07) is 5.89. The highest BCUT2D eigenvalue weighted by Crippen LogP contribution is 2.31. The monoisotopic (exact) mass is 262 g/mol. The molecule has 0 bridgehead atoms. The van der Waals surface area contributed by atoms with Crippen LogP contribution in [0, 0.1) is 0 Å². The first-order chi connectivity index (χ1) is 8.84. The van der Waals surface area contributed by atoms with Crippen LogP contribution in [0.4, 0.5) is 0 Å². The minimum atomic E-state index is -0.0443. The number of amides is 1. The zero-order valence-electron chi connectivity index (χ0n) is 9.91. The molecule has 0 N–H and O–H groups in total. The van der Waals surface area contributed by atoms with Gasteiger partial charge in [-0.2, -0.15) is 0 Å². The standard InChI is InChI=1S/C13H14N2O2S/c16-13(11-3-6-14-17-11)15-7-4-10(5-8-15)12-2-1-9-18-12/h1-3,6,9-10H,4-5,7-8H2. The Labute approximate surface area is 109 Å². The lowest BCUT2D eigenvalue weighted by atomic mass is 9.95. The van der Waals surface area contributed by atoms with Crippen LogP contribution in [0.3, 0.4) is 0 Å². The summed E-state index contributed by atoms with van der Waals surface area (Å²) in [5.74, 6) is 0.894. The molecule has 0 spiro atoms. The molecule has 0 unspecified atom stereocenters. The molecule has 1 amide bonds. The third kappa shape index (κ3) is 2.18. The highest BCUT2D eigenvalue weighted by atomic mass is 32.1. The molecular weight excluding hydrogens is 248 g/mol. The third-order valence-electron chi connectivity index (χ3n) is 3.38. The number of hydrogen-bond acceptors (Lipinski definition) is 4. The van der Waals surface area contributed by atoms with Crippen LogP contribution in [-0.4, -0.2) is 29.1 Å². The summed E-state index contributed by atoms with van der Waals surface area (Å²) in [4.78, 5) is 15.3. The Kier molecular flexibility index (Phi) is 3.15. The first kappa shape index (κ1) is 11.5. The Morgan fingerprint density at radius 3 is 2.83 bits per heavy atom. The lowest BCUT2D eigenvalue weighted by molar-refractivity contribution is 0.0671. The fourth-order valence-corrected chi connectivity index (χ4v) is 3.27. The van der Waals surface area contributed by atoms with Crippen LogP contribution in [0.2, 0.25) is 0 Å². The molecular formula is C13H14N2O2S. The van der Waals surface area contributed by atoms with Gasteiger partial charge in [-0.3, -0.25) is 4.79 Å². The molecule has 1 saturated heterocycles. The first-order valence-corrected chi connectivity index (χ1v) is 6.96. The van der Waals surface area contributed by atoms with Crippen molar-refractivity contribution in [3.8, 4) is 0 Å². The highest BCUT2D eigenvalue weighted by molar-refractivity contribution is 7.10. The van der Waals surface area contributed by atoms with Gasteiger partial charge in [0, 0.05) is 24.0 Å². The van der Waals surface area contributed by atoms with Gasteiger partial charge in [-0.25, -0.2) is 0 Å². The fraction of sp³-hybridized carbons (Fsp3) is 0.385. The Bertz CT molecular complexity index is 499. The summed E-state index contributed by atoms with van der Waals surface area (Å²) < 4.78 is 4.91.